The molecule has 1 aromatic rings. The molecule has 8 nitrogen and oxygen atoms in total. The van der Waals surface area contributed by atoms with Gasteiger partial charge in [0.15, 0.2) is 0 Å². The van der Waals surface area contributed by atoms with Crippen molar-refractivity contribution in [2.24, 2.45) is 5.10 Å². The van der Waals surface area contributed by atoms with E-state index < -0.39 is 15.5 Å². The second kappa shape index (κ2) is 7.41. The lowest BCUT2D eigenvalue weighted by Gasteiger charge is -2.01. The van der Waals surface area contributed by atoms with Crippen molar-refractivity contribution in [3.05, 3.63) is 62.7 Å². The molecule has 0 heterocycles. The minimum Gasteiger partial charge on any atom is -0.272 e. The van der Waals surface area contributed by atoms with Crippen molar-refractivity contribution in [2.75, 3.05) is 5.43 Å². The largest absolute Gasteiger partial charge is 0.301 e. The summed E-state index contributed by atoms with van der Waals surface area (Å²) in [4.78, 5) is 20.0. The number of hydrazone groups is 1. The molecule has 1 N–H and O–H groups in total. The van der Waals surface area contributed by atoms with Gasteiger partial charge in [-0.2, -0.15) is 5.10 Å². The quantitative estimate of drug-likeness (QED) is 0.371. The SMILES string of the molecule is C/C=C/C=C/C=N/Nc1ccc([N+](=O)[O-])cc1[N+](=O)[O-]. The molecule has 0 aliphatic heterocycles. The smallest absolute Gasteiger partial charge is 0.272 e. The Hall–Kier alpha value is -3.03. The maximum atomic E-state index is 10.8. The van der Waals surface area contributed by atoms with Crippen LogP contribution in [0.25, 0.3) is 0 Å². The van der Waals surface area contributed by atoms with Crippen LogP contribution in [0.2, 0.25) is 0 Å². The van der Waals surface area contributed by atoms with Crippen LogP contribution in [0.1, 0.15) is 6.92 Å². The Labute approximate surface area is 114 Å². The molecule has 0 atom stereocenters. The number of hydrogen-bond acceptors (Lipinski definition) is 6. The van der Waals surface area contributed by atoms with Crippen molar-refractivity contribution in [1.82, 2.24) is 0 Å². The molecule has 0 aliphatic carbocycles. The van der Waals surface area contributed by atoms with E-state index in [-0.39, 0.29) is 11.4 Å². The van der Waals surface area contributed by atoms with Gasteiger partial charge in [0.05, 0.1) is 15.9 Å². The van der Waals surface area contributed by atoms with Crippen molar-refractivity contribution in [1.29, 1.82) is 0 Å². The van der Waals surface area contributed by atoms with Crippen molar-refractivity contribution >= 4 is 23.3 Å². The number of nitro benzene ring substituents is 2. The van der Waals surface area contributed by atoms with E-state index in [4.69, 9.17) is 0 Å². The first-order chi connectivity index (χ1) is 9.56. The van der Waals surface area contributed by atoms with Gasteiger partial charge in [-0.15, -0.1) is 0 Å². The van der Waals surface area contributed by atoms with E-state index in [1.807, 2.05) is 13.0 Å². The number of nitrogens with one attached hydrogen (secondary N) is 1. The first-order valence-corrected chi connectivity index (χ1v) is 5.56. The Morgan fingerprint density at radius 3 is 2.50 bits per heavy atom. The van der Waals surface area contributed by atoms with Crippen LogP contribution in [0.5, 0.6) is 0 Å². The van der Waals surface area contributed by atoms with Gasteiger partial charge in [-0.3, -0.25) is 25.7 Å². The van der Waals surface area contributed by atoms with E-state index in [9.17, 15) is 20.2 Å². The summed E-state index contributed by atoms with van der Waals surface area (Å²) in [6.45, 7) is 1.86. The molecule has 0 fully saturated rings. The van der Waals surface area contributed by atoms with Crippen LogP contribution in [-0.2, 0) is 0 Å². The van der Waals surface area contributed by atoms with Crippen LogP contribution in [0.3, 0.4) is 0 Å². The Bertz CT molecular complexity index is 593. The minimum atomic E-state index is -0.708. The van der Waals surface area contributed by atoms with Crippen LogP contribution in [-0.4, -0.2) is 16.1 Å². The van der Waals surface area contributed by atoms with Gasteiger partial charge in [0.25, 0.3) is 5.69 Å². The highest BCUT2D eigenvalue weighted by molar-refractivity contribution is 5.73. The van der Waals surface area contributed by atoms with Crippen molar-refractivity contribution in [3.63, 3.8) is 0 Å². The molecule has 0 spiro atoms. The molecule has 0 saturated carbocycles. The lowest BCUT2D eigenvalue weighted by atomic mass is 10.2. The van der Waals surface area contributed by atoms with Gasteiger partial charge < -0.3 is 0 Å². The monoisotopic (exact) mass is 276 g/mol. The van der Waals surface area contributed by atoms with Gasteiger partial charge in [0.2, 0.25) is 0 Å². The molecule has 0 bridgehead atoms. The lowest BCUT2D eigenvalue weighted by molar-refractivity contribution is -0.393. The molecule has 0 saturated heterocycles. The first kappa shape index (κ1) is 15.0. The summed E-state index contributed by atoms with van der Waals surface area (Å²) in [5.74, 6) is 0. The average Bonchev–Trinajstić information content (AvgIpc) is 2.42. The molecular formula is C12H12N4O4. The summed E-state index contributed by atoms with van der Waals surface area (Å²) in [6, 6.07) is 3.29. The standard InChI is InChI=1S/C12H12N4O4/c1-2-3-4-5-8-13-14-11-7-6-10(15(17)18)9-12(11)16(19)20/h2-9,14H,1H3/b3-2+,5-4+,13-8+. The van der Waals surface area contributed by atoms with E-state index >= 15 is 0 Å². The third kappa shape index (κ3) is 4.33. The number of benzene rings is 1. The van der Waals surface area contributed by atoms with Crippen LogP contribution in [0.15, 0.2) is 47.6 Å². The highest BCUT2D eigenvalue weighted by Gasteiger charge is 2.18. The van der Waals surface area contributed by atoms with E-state index in [1.54, 1.807) is 18.2 Å². The predicted octanol–water partition coefficient (Wildman–Crippen LogP) is 3.03. The van der Waals surface area contributed by atoms with E-state index in [0.29, 0.717) is 0 Å². The van der Waals surface area contributed by atoms with E-state index in [2.05, 4.69) is 10.5 Å². The highest BCUT2D eigenvalue weighted by atomic mass is 16.6. The molecule has 104 valence electrons. The molecule has 1 aromatic carbocycles. The van der Waals surface area contributed by atoms with Crippen LogP contribution < -0.4 is 5.43 Å². The number of rotatable bonds is 6. The number of anilines is 1. The number of non-ortho nitro benzene ring substituents is 1. The molecule has 0 aromatic heterocycles. The van der Waals surface area contributed by atoms with Crippen molar-refractivity contribution in [3.8, 4) is 0 Å². The summed E-state index contributed by atoms with van der Waals surface area (Å²) < 4.78 is 0. The number of hydrogen-bond donors (Lipinski definition) is 1. The van der Waals surface area contributed by atoms with Gasteiger partial charge in [0.1, 0.15) is 5.69 Å². The third-order valence-corrected chi connectivity index (χ3v) is 2.15. The van der Waals surface area contributed by atoms with Gasteiger partial charge in [-0.25, -0.2) is 0 Å². The zero-order chi connectivity index (χ0) is 15.0. The van der Waals surface area contributed by atoms with Crippen molar-refractivity contribution in [2.45, 2.75) is 6.92 Å². The fourth-order valence-electron chi connectivity index (χ4n) is 1.25. The van der Waals surface area contributed by atoms with Gasteiger partial charge in [-0.05, 0) is 19.1 Å². The van der Waals surface area contributed by atoms with E-state index in [1.165, 1.54) is 18.3 Å². The summed E-state index contributed by atoms with van der Waals surface area (Å²) >= 11 is 0. The van der Waals surface area contributed by atoms with E-state index in [0.717, 1.165) is 6.07 Å². The molecule has 0 amide bonds. The fraction of sp³-hybridized carbons (Fsp3) is 0.0833. The van der Waals surface area contributed by atoms with Crippen LogP contribution in [0, 0.1) is 20.2 Å². The zero-order valence-electron chi connectivity index (χ0n) is 10.6. The summed E-state index contributed by atoms with van der Waals surface area (Å²) in [6.07, 6.45) is 8.39. The molecule has 1 rings (SSSR count). The Kier molecular flexibility index (Phi) is 5.57. The van der Waals surface area contributed by atoms with Gasteiger partial charge in [0, 0.05) is 12.3 Å². The predicted molar refractivity (Wildman–Crippen MR) is 75.8 cm³/mol. The number of nitro groups is 2. The average molecular weight is 276 g/mol. The molecule has 20 heavy (non-hydrogen) atoms. The molecule has 8 heteroatoms. The third-order valence-electron chi connectivity index (χ3n) is 2.15. The second-order valence-corrected chi connectivity index (χ2v) is 3.52. The van der Waals surface area contributed by atoms with Crippen molar-refractivity contribution < 1.29 is 9.85 Å². The van der Waals surface area contributed by atoms with Crippen LogP contribution in [0.4, 0.5) is 17.1 Å². The molecule has 0 radical (unpaired) electrons. The summed E-state index contributed by atoms with van der Waals surface area (Å²) in [7, 11) is 0. The highest BCUT2D eigenvalue weighted by Crippen LogP contribution is 2.28. The summed E-state index contributed by atoms with van der Waals surface area (Å²) in [5.41, 5.74) is 1.79. The Morgan fingerprint density at radius 2 is 1.90 bits per heavy atom. The van der Waals surface area contributed by atoms with Gasteiger partial charge in [-0.1, -0.05) is 18.2 Å². The molecule has 0 unspecified atom stereocenters. The topological polar surface area (TPSA) is 111 Å². The minimum absolute atomic E-state index is 0.0799. The maximum Gasteiger partial charge on any atom is 0.301 e. The first-order valence-electron chi connectivity index (χ1n) is 5.56. The van der Waals surface area contributed by atoms with Gasteiger partial charge >= 0.3 is 5.69 Å². The number of allylic oxidation sites excluding steroid dienone is 4. The molecular weight excluding hydrogens is 264 g/mol. The lowest BCUT2D eigenvalue weighted by Crippen LogP contribution is -1.98. The maximum absolute atomic E-state index is 10.8. The zero-order valence-corrected chi connectivity index (χ0v) is 10.6. The Morgan fingerprint density at radius 1 is 1.15 bits per heavy atom. The normalized spacial score (nSPS) is 11.4. The van der Waals surface area contributed by atoms with Crippen LogP contribution >= 0.6 is 0 Å². The summed E-state index contributed by atoms with van der Waals surface area (Å²) in [5, 5.41) is 25.2. The molecule has 0 aliphatic rings. The Balaban J connectivity index is 2.89. The number of nitrogens with zero attached hydrogens (tertiary/aromatic N) is 3. The second-order valence-electron chi connectivity index (χ2n) is 3.52. The fourth-order valence-corrected chi connectivity index (χ4v) is 1.25.